The fraction of sp³-hybridized carbons (Fsp3) is 0.263. The first kappa shape index (κ1) is 15.3. The number of benzene rings is 2. The van der Waals surface area contributed by atoms with E-state index in [0.29, 0.717) is 6.54 Å². The zero-order chi connectivity index (χ0) is 16.4. The number of carboxylic acids is 1. The number of aromatic carboxylic acids is 1. The summed E-state index contributed by atoms with van der Waals surface area (Å²) in [5.41, 5.74) is 4.28. The Bertz CT molecular complexity index is 767. The number of anilines is 1. The van der Waals surface area contributed by atoms with Crippen LogP contribution in [0.5, 0.6) is 0 Å². The Kier molecular flexibility index (Phi) is 4.15. The van der Waals surface area contributed by atoms with Crippen LogP contribution in [0, 0.1) is 6.92 Å². The van der Waals surface area contributed by atoms with Gasteiger partial charge in [0, 0.05) is 12.2 Å². The number of carboxylic acid groups (broad SMARTS) is 1. The van der Waals surface area contributed by atoms with Gasteiger partial charge in [-0.2, -0.15) is 0 Å². The molecule has 0 aromatic heterocycles. The van der Waals surface area contributed by atoms with Gasteiger partial charge in [0.25, 0.3) is 0 Å². The van der Waals surface area contributed by atoms with E-state index in [1.165, 1.54) is 11.6 Å². The van der Waals surface area contributed by atoms with E-state index in [0.717, 1.165) is 29.7 Å². The molecule has 118 valence electrons. The molecular weight excluding hydrogens is 290 g/mol. The molecule has 0 saturated carbocycles. The van der Waals surface area contributed by atoms with E-state index in [-0.39, 0.29) is 17.9 Å². The van der Waals surface area contributed by atoms with Gasteiger partial charge in [0.2, 0.25) is 5.91 Å². The number of carbonyl (C=O) groups is 2. The molecule has 1 N–H and O–H groups in total. The topological polar surface area (TPSA) is 57.6 Å². The third kappa shape index (κ3) is 3.26. The normalized spacial score (nSPS) is 13.5. The lowest BCUT2D eigenvalue weighted by Gasteiger charge is -2.30. The highest BCUT2D eigenvalue weighted by atomic mass is 16.4. The van der Waals surface area contributed by atoms with E-state index in [2.05, 4.69) is 18.2 Å². The third-order valence-electron chi connectivity index (χ3n) is 4.19. The molecule has 0 bridgehead atoms. The fourth-order valence-corrected chi connectivity index (χ4v) is 3.03. The molecule has 0 saturated heterocycles. The van der Waals surface area contributed by atoms with Crippen molar-refractivity contribution in [3.8, 4) is 0 Å². The molecule has 23 heavy (non-hydrogen) atoms. The SMILES string of the molecule is Cc1ccc2c(c1)N(C(=O)Cc1cccc(C(=O)O)c1)CCC2. The van der Waals surface area contributed by atoms with E-state index in [1.807, 2.05) is 11.8 Å². The van der Waals surface area contributed by atoms with Gasteiger partial charge in [0.05, 0.1) is 12.0 Å². The molecule has 1 heterocycles. The molecule has 0 fully saturated rings. The van der Waals surface area contributed by atoms with Crippen molar-refractivity contribution in [1.29, 1.82) is 0 Å². The molecule has 0 unspecified atom stereocenters. The van der Waals surface area contributed by atoms with Crippen LogP contribution in [0.15, 0.2) is 42.5 Å². The van der Waals surface area contributed by atoms with Crippen molar-refractivity contribution in [3.05, 3.63) is 64.7 Å². The molecule has 1 amide bonds. The minimum absolute atomic E-state index is 0.0130. The summed E-state index contributed by atoms with van der Waals surface area (Å²) in [6.45, 7) is 2.74. The second kappa shape index (κ2) is 6.24. The molecule has 2 aromatic rings. The van der Waals surface area contributed by atoms with E-state index in [4.69, 9.17) is 5.11 Å². The Morgan fingerprint density at radius 1 is 1.17 bits per heavy atom. The zero-order valence-electron chi connectivity index (χ0n) is 13.1. The van der Waals surface area contributed by atoms with Gasteiger partial charge in [-0.1, -0.05) is 24.3 Å². The molecule has 1 aliphatic heterocycles. The van der Waals surface area contributed by atoms with Crippen LogP contribution in [0.2, 0.25) is 0 Å². The second-order valence-corrected chi connectivity index (χ2v) is 5.96. The Hall–Kier alpha value is -2.62. The zero-order valence-corrected chi connectivity index (χ0v) is 13.1. The highest BCUT2D eigenvalue weighted by Crippen LogP contribution is 2.28. The summed E-state index contributed by atoms with van der Waals surface area (Å²) in [6.07, 6.45) is 2.17. The first-order valence-electron chi connectivity index (χ1n) is 7.77. The lowest BCUT2D eigenvalue weighted by molar-refractivity contribution is -0.118. The summed E-state index contributed by atoms with van der Waals surface area (Å²) in [7, 11) is 0. The molecule has 0 aliphatic carbocycles. The lowest BCUT2D eigenvalue weighted by atomic mass is 9.99. The first-order chi connectivity index (χ1) is 11.0. The van der Waals surface area contributed by atoms with E-state index < -0.39 is 5.97 Å². The Labute approximate surface area is 135 Å². The molecule has 2 aromatic carbocycles. The van der Waals surface area contributed by atoms with Crippen LogP contribution in [-0.2, 0) is 17.6 Å². The van der Waals surface area contributed by atoms with E-state index in [9.17, 15) is 9.59 Å². The molecule has 3 rings (SSSR count). The number of carbonyl (C=O) groups excluding carboxylic acids is 1. The quantitative estimate of drug-likeness (QED) is 0.947. The van der Waals surface area contributed by atoms with Crippen LogP contribution >= 0.6 is 0 Å². The van der Waals surface area contributed by atoms with Gasteiger partial charge in [0.1, 0.15) is 0 Å². The molecule has 0 spiro atoms. The van der Waals surface area contributed by atoms with Gasteiger partial charge in [-0.25, -0.2) is 4.79 Å². The summed E-state index contributed by atoms with van der Waals surface area (Å²) in [5.74, 6) is -0.961. The van der Waals surface area contributed by atoms with Gasteiger partial charge in [-0.3, -0.25) is 4.79 Å². The van der Waals surface area contributed by atoms with Crippen molar-refractivity contribution < 1.29 is 14.7 Å². The summed E-state index contributed by atoms with van der Waals surface area (Å²) in [4.78, 5) is 25.6. The third-order valence-corrected chi connectivity index (χ3v) is 4.19. The minimum atomic E-state index is -0.974. The smallest absolute Gasteiger partial charge is 0.335 e. The largest absolute Gasteiger partial charge is 0.478 e. The number of fused-ring (bicyclic) bond motifs is 1. The minimum Gasteiger partial charge on any atom is -0.478 e. The van der Waals surface area contributed by atoms with E-state index >= 15 is 0 Å². The van der Waals surface area contributed by atoms with Gasteiger partial charge < -0.3 is 10.0 Å². The average molecular weight is 309 g/mol. The van der Waals surface area contributed by atoms with Gasteiger partial charge >= 0.3 is 5.97 Å². The van der Waals surface area contributed by atoms with Crippen molar-refractivity contribution in [1.82, 2.24) is 0 Å². The number of nitrogens with zero attached hydrogens (tertiary/aromatic N) is 1. The van der Waals surface area contributed by atoms with Crippen LogP contribution < -0.4 is 4.90 Å². The van der Waals surface area contributed by atoms with Crippen molar-refractivity contribution in [2.75, 3.05) is 11.4 Å². The number of hydrogen-bond acceptors (Lipinski definition) is 2. The standard InChI is InChI=1S/C19H19NO3/c1-13-7-8-15-6-3-9-20(17(15)10-13)18(21)12-14-4-2-5-16(11-14)19(22)23/h2,4-5,7-8,10-11H,3,6,9,12H2,1H3,(H,22,23). The lowest BCUT2D eigenvalue weighted by Crippen LogP contribution is -2.36. The molecular formula is C19H19NO3. The predicted octanol–water partition coefficient (Wildman–Crippen LogP) is 3.22. The van der Waals surface area contributed by atoms with Crippen LogP contribution in [-0.4, -0.2) is 23.5 Å². The van der Waals surface area contributed by atoms with Crippen molar-refractivity contribution in [2.24, 2.45) is 0 Å². The number of aryl methyl sites for hydroxylation is 2. The fourth-order valence-electron chi connectivity index (χ4n) is 3.03. The maximum absolute atomic E-state index is 12.7. The Morgan fingerprint density at radius 3 is 2.78 bits per heavy atom. The molecule has 4 nitrogen and oxygen atoms in total. The van der Waals surface area contributed by atoms with Gasteiger partial charge in [-0.15, -0.1) is 0 Å². The molecule has 4 heteroatoms. The summed E-state index contributed by atoms with van der Waals surface area (Å²) >= 11 is 0. The summed E-state index contributed by atoms with van der Waals surface area (Å²) in [5, 5.41) is 9.06. The van der Waals surface area contributed by atoms with Crippen molar-refractivity contribution in [3.63, 3.8) is 0 Å². The van der Waals surface area contributed by atoms with Crippen LogP contribution in [0.1, 0.15) is 33.5 Å². The Morgan fingerprint density at radius 2 is 2.00 bits per heavy atom. The maximum atomic E-state index is 12.7. The molecule has 0 atom stereocenters. The number of hydrogen-bond donors (Lipinski definition) is 1. The monoisotopic (exact) mass is 309 g/mol. The van der Waals surface area contributed by atoms with Crippen molar-refractivity contribution >= 4 is 17.6 Å². The first-order valence-corrected chi connectivity index (χ1v) is 7.77. The summed E-state index contributed by atoms with van der Waals surface area (Å²) < 4.78 is 0. The average Bonchev–Trinajstić information content (AvgIpc) is 2.54. The highest BCUT2D eigenvalue weighted by molar-refractivity contribution is 5.96. The van der Waals surface area contributed by atoms with Crippen LogP contribution in [0.3, 0.4) is 0 Å². The second-order valence-electron chi connectivity index (χ2n) is 5.96. The molecule has 0 radical (unpaired) electrons. The predicted molar refractivity (Wildman–Crippen MR) is 89.0 cm³/mol. The molecule has 1 aliphatic rings. The number of rotatable bonds is 3. The van der Waals surface area contributed by atoms with Gasteiger partial charge in [0.15, 0.2) is 0 Å². The highest BCUT2D eigenvalue weighted by Gasteiger charge is 2.22. The van der Waals surface area contributed by atoms with Gasteiger partial charge in [-0.05, 0) is 54.7 Å². The van der Waals surface area contributed by atoms with Crippen LogP contribution in [0.4, 0.5) is 5.69 Å². The van der Waals surface area contributed by atoms with E-state index in [1.54, 1.807) is 18.2 Å². The van der Waals surface area contributed by atoms with Crippen LogP contribution in [0.25, 0.3) is 0 Å². The maximum Gasteiger partial charge on any atom is 0.335 e. The van der Waals surface area contributed by atoms with Crippen molar-refractivity contribution in [2.45, 2.75) is 26.2 Å². The summed E-state index contributed by atoms with van der Waals surface area (Å²) in [6, 6.07) is 12.8. The Balaban J connectivity index is 1.84. The number of amides is 1.